The van der Waals surface area contributed by atoms with E-state index in [1.807, 2.05) is 0 Å². The SMILES string of the molecule is O=C(O)c1cc(Br)cc(Oc2ccc(F)cc2Br)c1. The summed E-state index contributed by atoms with van der Waals surface area (Å²) in [6, 6.07) is 8.47. The van der Waals surface area contributed by atoms with E-state index in [9.17, 15) is 9.18 Å². The van der Waals surface area contributed by atoms with Crippen molar-refractivity contribution >= 4 is 37.8 Å². The average Bonchev–Trinajstić information content (AvgIpc) is 2.32. The quantitative estimate of drug-likeness (QED) is 0.816. The van der Waals surface area contributed by atoms with Crippen molar-refractivity contribution in [1.82, 2.24) is 0 Å². The van der Waals surface area contributed by atoms with Gasteiger partial charge < -0.3 is 9.84 Å². The molecule has 0 radical (unpaired) electrons. The number of hydrogen-bond donors (Lipinski definition) is 1. The zero-order valence-electron chi connectivity index (χ0n) is 9.36. The Kier molecular flexibility index (Phi) is 4.21. The zero-order chi connectivity index (χ0) is 14.0. The van der Waals surface area contributed by atoms with Crippen molar-refractivity contribution in [2.45, 2.75) is 0 Å². The number of hydrogen-bond acceptors (Lipinski definition) is 2. The second kappa shape index (κ2) is 5.71. The van der Waals surface area contributed by atoms with Crippen molar-refractivity contribution in [3.63, 3.8) is 0 Å². The lowest BCUT2D eigenvalue weighted by Crippen LogP contribution is -1.97. The number of rotatable bonds is 3. The minimum Gasteiger partial charge on any atom is -0.478 e. The molecule has 0 fully saturated rings. The molecule has 2 aromatic rings. The molecule has 0 heterocycles. The normalized spacial score (nSPS) is 10.3. The first-order chi connectivity index (χ1) is 8.95. The van der Waals surface area contributed by atoms with E-state index >= 15 is 0 Å². The van der Waals surface area contributed by atoms with Gasteiger partial charge in [0.2, 0.25) is 0 Å². The van der Waals surface area contributed by atoms with Gasteiger partial charge in [0.15, 0.2) is 0 Å². The lowest BCUT2D eigenvalue weighted by molar-refractivity contribution is 0.0696. The van der Waals surface area contributed by atoms with Gasteiger partial charge in [-0.1, -0.05) is 15.9 Å². The maximum absolute atomic E-state index is 12.9. The van der Waals surface area contributed by atoms with Crippen LogP contribution in [0.1, 0.15) is 10.4 Å². The van der Waals surface area contributed by atoms with Crippen LogP contribution >= 0.6 is 31.9 Å². The van der Waals surface area contributed by atoms with Crippen LogP contribution < -0.4 is 4.74 Å². The van der Waals surface area contributed by atoms with Crippen LogP contribution in [0.4, 0.5) is 4.39 Å². The standard InChI is InChI=1S/C13H7Br2FO3/c14-8-3-7(13(17)18)4-10(5-8)19-12-2-1-9(16)6-11(12)15/h1-6H,(H,17,18). The van der Waals surface area contributed by atoms with E-state index in [-0.39, 0.29) is 11.4 Å². The molecule has 6 heteroatoms. The van der Waals surface area contributed by atoms with E-state index in [0.717, 1.165) is 0 Å². The van der Waals surface area contributed by atoms with Gasteiger partial charge in [0.1, 0.15) is 17.3 Å². The van der Waals surface area contributed by atoms with E-state index < -0.39 is 5.97 Å². The second-order valence-corrected chi connectivity index (χ2v) is 5.43. The number of benzene rings is 2. The molecule has 0 aromatic heterocycles. The van der Waals surface area contributed by atoms with E-state index in [2.05, 4.69) is 31.9 Å². The average molecular weight is 390 g/mol. The highest BCUT2D eigenvalue weighted by molar-refractivity contribution is 9.10. The third kappa shape index (κ3) is 3.54. The van der Waals surface area contributed by atoms with Gasteiger partial charge in [-0.15, -0.1) is 0 Å². The Morgan fingerprint density at radius 3 is 2.53 bits per heavy atom. The highest BCUT2D eigenvalue weighted by Crippen LogP contribution is 2.32. The van der Waals surface area contributed by atoms with Gasteiger partial charge in [-0.05, 0) is 52.3 Å². The molecule has 98 valence electrons. The van der Waals surface area contributed by atoms with Gasteiger partial charge in [0, 0.05) is 4.47 Å². The fourth-order valence-electron chi connectivity index (χ4n) is 1.43. The molecule has 0 bridgehead atoms. The predicted molar refractivity (Wildman–Crippen MR) is 75.3 cm³/mol. The Balaban J connectivity index is 2.35. The highest BCUT2D eigenvalue weighted by atomic mass is 79.9. The molecule has 0 unspecified atom stereocenters. The first kappa shape index (κ1) is 14.0. The molecule has 19 heavy (non-hydrogen) atoms. The van der Waals surface area contributed by atoms with Crippen LogP contribution in [0, 0.1) is 5.82 Å². The summed E-state index contributed by atoms with van der Waals surface area (Å²) < 4.78 is 19.5. The molecule has 0 aliphatic heterocycles. The summed E-state index contributed by atoms with van der Waals surface area (Å²) in [5.41, 5.74) is 0.0996. The summed E-state index contributed by atoms with van der Waals surface area (Å²) in [5.74, 6) is -0.695. The minimum absolute atomic E-state index is 0.0996. The maximum Gasteiger partial charge on any atom is 0.335 e. The third-order valence-electron chi connectivity index (χ3n) is 2.24. The lowest BCUT2D eigenvalue weighted by Gasteiger charge is -2.09. The molecular formula is C13H7Br2FO3. The Morgan fingerprint density at radius 1 is 1.16 bits per heavy atom. The summed E-state index contributed by atoms with van der Waals surface area (Å²) in [6.45, 7) is 0. The van der Waals surface area contributed by atoms with E-state index in [4.69, 9.17) is 9.84 Å². The van der Waals surface area contributed by atoms with E-state index in [1.54, 1.807) is 6.07 Å². The largest absolute Gasteiger partial charge is 0.478 e. The molecule has 3 nitrogen and oxygen atoms in total. The Morgan fingerprint density at radius 2 is 1.89 bits per heavy atom. The number of aromatic carboxylic acids is 1. The van der Waals surface area contributed by atoms with Crippen LogP contribution in [0.5, 0.6) is 11.5 Å². The van der Waals surface area contributed by atoms with Gasteiger partial charge in [-0.25, -0.2) is 9.18 Å². The fourth-order valence-corrected chi connectivity index (χ4v) is 2.33. The first-order valence-corrected chi connectivity index (χ1v) is 6.71. The summed E-state index contributed by atoms with van der Waals surface area (Å²) in [6.07, 6.45) is 0. The Hall–Kier alpha value is -1.40. The van der Waals surface area contributed by atoms with Crippen LogP contribution in [-0.2, 0) is 0 Å². The van der Waals surface area contributed by atoms with Crippen LogP contribution in [0.2, 0.25) is 0 Å². The third-order valence-corrected chi connectivity index (χ3v) is 3.32. The number of carbonyl (C=O) groups is 1. The molecule has 2 aromatic carbocycles. The number of halogens is 3. The van der Waals surface area contributed by atoms with Crippen LogP contribution in [0.25, 0.3) is 0 Å². The summed E-state index contributed by atoms with van der Waals surface area (Å²) >= 11 is 6.39. The monoisotopic (exact) mass is 388 g/mol. The van der Waals surface area contributed by atoms with Gasteiger partial charge in [-0.2, -0.15) is 0 Å². The molecular weight excluding hydrogens is 383 g/mol. The number of carboxylic acid groups (broad SMARTS) is 1. The van der Waals surface area contributed by atoms with E-state index in [1.165, 1.54) is 30.3 Å². The van der Waals surface area contributed by atoms with Crippen molar-refractivity contribution in [3.8, 4) is 11.5 Å². The summed E-state index contributed by atoms with van der Waals surface area (Å²) in [5, 5.41) is 8.96. The number of carboxylic acids is 1. The van der Waals surface area contributed by atoms with Gasteiger partial charge >= 0.3 is 5.97 Å². The van der Waals surface area contributed by atoms with Crippen LogP contribution in [0.3, 0.4) is 0 Å². The molecule has 0 spiro atoms. The zero-order valence-corrected chi connectivity index (χ0v) is 12.5. The molecule has 0 aliphatic rings. The molecule has 2 rings (SSSR count). The smallest absolute Gasteiger partial charge is 0.335 e. The van der Waals surface area contributed by atoms with Crippen LogP contribution in [0.15, 0.2) is 45.3 Å². The first-order valence-electron chi connectivity index (χ1n) is 5.12. The molecule has 0 aliphatic carbocycles. The second-order valence-electron chi connectivity index (χ2n) is 3.66. The Bertz CT molecular complexity index is 644. The molecule has 0 saturated carbocycles. The highest BCUT2D eigenvalue weighted by Gasteiger charge is 2.09. The topological polar surface area (TPSA) is 46.5 Å². The van der Waals surface area contributed by atoms with Crippen LogP contribution in [-0.4, -0.2) is 11.1 Å². The van der Waals surface area contributed by atoms with Crippen molar-refractivity contribution in [2.24, 2.45) is 0 Å². The van der Waals surface area contributed by atoms with E-state index in [0.29, 0.717) is 20.4 Å². The lowest BCUT2D eigenvalue weighted by atomic mass is 10.2. The summed E-state index contributed by atoms with van der Waals surface area (Å²) in [4.78, 5) is 10.9. The molecule has 0 saturated heterocycles. The van der Waals surface area contributed by atoms with Gasteiger partial charge in [-0.3, -0.25) is 0 Å². The molecule has 1 N–H and O–H groups in total. The van der Waals surface area contributed by atoms with Crippen molar-refractivity contribution < 1.29 is 19.0 Å². The molecule has 0 atom stereocenters. The maximum atomic E-state index is 12.9. The van der Waals surface area contributed by atoms with Gasteiger partial charge in [0.25, 0.3) is 0 Å². The van der Waals surface area contributed by atoms with Crippen molar-refractivity contribution in [1.29, 1.82) is 0 Å². The number of ether oxygens (including phenoxy) is 1. The van der Waals surface area contributed by atoms with Gasteiger partial charge in [0.05, 0.1) is 10.0 Å². The summed E-state index contributed by atoms with van der Waals surface area (Å²) in [7, 11) is 0. The molecule has 0 amide bonds. The fraction of sp³-hybridized carbons (Fsp3) is 0. The van der Waals surface area contributed by atoms with Crippen molar-refractivity contribution in [2.75, 3.05) is 0 Å². The van der Waals surface area contributed by atoms with Crippen molar-refractivity contribution in [3.05, 3.63) is 56.7 Å². The Labute approximate surface area is 125 Å². The predicted octanol–water partition coefficient (Wildman–Crippen LogP) is 4.84. The minimum atomic E-state index is -1.05.